The van der Waals surface area contributed by atoms with Crippen LogP contribution < -0.4 is 0 Å². The Morgan fingerprint density at radius 3 is 2.36 bits per heavy atom. The van der Waals surface area contributed by atoms with E-state index in [-0.39, 0.29) is 20.1 Å². The van der Waals surface area contributed by atoms with Gasteiger partial charge in [-0.1, -0.05) is 12.1 Å². The molecule has 2 heterocycles. The first-order valence-electron chi connectivity index (χ1n) is 7.12. The van der Waals surface area contributed by atoms with Gasteiger partial charge in [-0.2, -0.15) is 31.4 Å². The predicted molar refractivity (Wildman–Crippen MR) is 89.8 cm³/mol. The quantitative estimate of drug-likeness (QED) is 0.466. The van der Waals surface area contributed by atoms with Crippen molar-refractivity contribution in [2.45, 2.75) is 12.4 Å². The lowest BCUT2D eigenvalue weighted by molar-refractivity contribution is -0.141. The van der Waals surface area contributed by atoms with E-state index in [1.54, 1.807) is 5.10 Å². The highest BCUT2D eigenvalue weighted by atomic mass is 79.9. The Balaban J connectivity index is 2.12. The topological polar surface area (TPSA) is 78.9 Å². The van der Waals surface area contributed by atoms with Crippen LogP contribution in [0.5, 0.6) is 0 Å². The highest BCUT2D eigenvalue weighted by Crippen LogP contribution is 2.41. The number of benzene rings is 1. The van der Waals surface area contributed by atoms with Crippen LogP contribution in [0, 0.1) is 0 Å². The van der Waals surface area contributed by atoms with Crippen molar-refractivity contribution in [1.29, 1.82) is 0 Å². The molecule has 2 N–H and O–H groups in total. The molecule has 0 saturated carbocycles. The van der Waals surface area contributed by atoms with Crippen molar-refractivity contribution in [3.63, 3.8) is 0 Å². The summed E-state index contributed by atoms with van der Waals surface area (Å²) in [5, 5.41) is 14.0. The molecule has 148 valence electrons. The summed E-state index contributed by atoms with van der Waals surface area (Å²) in [7, 11) is 0. The lowest BCUT2D eigenvalue weighted by atomic mass is 10.1. The number of hydrogen-bond acceptors (Lipinski definition) is 4. The number of hydrogen-bond donors (Lipinski definition) is 2. The van der Waals surface area contributed by atoms with E-state index in [4.69, 9.17) is 5.11 Å². The number of aromatic nitrogens is 3. The molecule has 0 bridgehead atoms. The van der Waals surface area contributed by atoms with E-state index in [9.17, 15) is 31.1 Å². The molecular weight excluding hydrogens is 480 g/mol. The molecule has 0 unspecified atom stereocenters. The van der Waals surface area contributed by atoms with Crippen molar-refractivity contribution in [3.8, 4) is 22.0 Å². The van der Waals surface area contributed by atoms with Gasteiger partial charge in [-0.3, -0.25) is 5.10 Å². The van der Waals surface area contributed by atoms with E-state index in [0.717, 1.165) is 29.5 Å². The second-order valence-corrected chi connectivity index (χ2v) is 7.66. The van der Waals surface area contributed by atoms with E-state index in [1.165, 1.54) is 6.07 Å². The molecule has 5 nitrogen and oxygen atoms in total. The molecule has 0 radical (unpaired) electrons. The highest BCUT2D eigenvalue weighted by molar-refractivity contribution is 9.11. The minimum absolute atomic E-state index is 0.0130. The molecule has 0 spiro atoms. The molecule has 3 aromatic rings. The van der Waals surface area contributed by atoms with Crippen LogP contribution in [-0.4, -0.2) is 26.3 Å². The monoisotopic (exact) mass is 485 g/mol. The molecule has 2 aromatic heterocycles. The number of carboxylic acid groups (broad SMARTS) is 1. The molecule has 0 aliphatic rings. The summed E-state index contributed by atoms with van der Waals surface area (Å²) in [4.78, 5) is 15.3. The third kappa shape index (κ3) is 3.76. The second kappa shape index (κ2) is 6.88. The normalized spacial score (nSPS) is 12.4. The summed E-state index contributed by atoms with van der Waals surface area (Å²) in [6, 6.07) is 4.18. The molecule has 0 fully saturated rings. The Morgan fingerprint density at radius 1 is 1.11 bits per heavy atom. The highest BCUT2D eigenvalue weighted by Gasteiger charge is 2.40. The van der Waals surface area contributed by atoms with Crippen molar-refractivity contribution < 1.29 is 36.2 Å². The second-order valence-electron chi connectivity index (χ2n) is 5.35. The zero-order chi connectivity index (χ0) is 20.9. The molecule has 3 rings (SSSR count). The van der Waals surface area contributed by atoms with E-state index in [0.29, 0.717) is 0 Å². The molecule has 0 saturated heterocycles. The average molecular weight is 486 g/mol. The first-order chi connectivity index (χ1) is 12.9. The number of aromatic carboxylic acids is 1. The number of alkyl halides is 6. The zero-order valence-corrected chi connectivity index (χ0v) is 15.5. The number of H-pyrrole nitrogens is 1. The van der Waals surface area contributed by atoms with Gasteiger partial charge in [0.05, 0.1) is 15.0 Å². The Labute approximate surface area is 164 Å². The van der Waals surface area contributed by atoms with Crippen molar-refractivity contribution in [1.82, 2.24) is 15.2 Å². The molecule has 0 amide bonds. The average Bonchev–Trinajstić information content (AvgIpc) is 3.17. The lowest BCUT2D eigenvalue weighted by Crippen LogP contribution is -2.12. The zero-order valence-electron chi connectivity index (χ0n) is 13.1. The van der Waals surface area contributed by atoms with Crippen molar-refractivity contribution in [3.05, 3.63) is 44.9 Å². The van der Waals surface area contributed by atoms with Gasteiger partial charge in [0.25, 0.3) is 0 Å². The number of thiazole rings is 1. The van der Waals surface area contributed by atoms with Gasteiger partial charge in [-0.15, -0.1) is 11.3 Å². The number of nitrogens with zero attached hydrogens (tertiary/aromatic N) is 2. The minimum atomic E-state index is -4.99. The molecule has 0 aliphatic carbocycles. The Morgan fingerprint density at radius 2 is 1.79 bits per heavy atom. The number of rotatable bonds is 3. The summed E-state index contributed by atoms with van der Waals surface area (Å²) in [6.45, 7) is 0. The van der Waals surface area contributed by atoms with Crippen LogP contribution in [0.15, 0.2) is 28.1 Å². The van der Waals surface area contributed by atoms with Crippen molar-refractivity contribution in [2.75, 3.05) is 0 Å². The van der Waals surface area contributed by atoms with Crippen molar-refractivity contribution in [2.24, 2.45) is 0 Å². The molecule has 0 atom stereocenters. The van der Waals surface area contributed by atoms with Gasteiger partial charge in [0, 0.05) is 5.56 Å². The van der Waals surface area contributed by atoms with Crippen LogP contribution in [0.4, 0.5) is 26.3 Å². The largest absolute Gasteiger partial charge is 0.478 e. The maximum absolute atomic E-state index is 13.0. The Kier molecular flexibility index (Phi) is 5.00. The van der Waals surface area contributed by atoms with E-state index in [1.807, 2.05) is 0 Å². The van der Waals surface area contributed by atoms with Crippen LogP contribution in [0.25, 0.3) is 22.0 Å². The number of aromatic amines is 1. The van der Waals surface area contributed by atoms with Gasteiger partial charge in [0.1, 0.15) is 16.3 Å². The van der Waals surface area contributed by atoms with Gasteiger partial charge < -0.3 is 5.11 Å². The van der Waals surface area contributed by atoms with Crippen LogP contribution in [0.1, 0.15) is 21.6 Å². The fourth-order valence-corrected chi connectivity index (χ4v) is 3.92. The maximum Gasteiger partial charge on any atom is 0.433 e. The number of carbonyl (C=O) groups is 1. The number of carboxylic acids is 1. The number of halogens is 7. The smallest absolute Gasteiger partial charge is 0.433 e. The standard InChI is InChI=1S/C15H6BrF6N3O2S/c16-11-8(5-2-1-3-6(4-5)14(17,18)19)23-12(28-11)9-7(13(26)27)10(25-24-9)15(20,21)22/h1-4H,(H,24,25)(H,26,27). The molecular formula is C15H6BrF6N3O2S. The van der Waals surface area contributed by atoms with Crippen molar-refractivity contribution >= 4 is 33.2 Å². The lowest BCUT2D eigenvalue weighted by Gasteiger charge is -2.07. The van der Waals surface area contributed by atoms with E-state index < -0.39 is 40.8 Å². The SMILES string of the molecule is O=C(O)c1c(-c2nc(-c3cccc(C(F)(F)F)c3)c(Br)s2)n[nH]c1C(F)(F)F. The Bertz CT molecular complexity index is 1060. The van der Waals surface area contributed by atoms with Gasteiger partial charge in [0.15, 0.2) is 5.69 Å². The molecule has 13 heteroatoms. The Hall–Kier alpha value is -2.41. The third-order valence-corrected chi connectivity index (χ3v) is 5.23. The summed E-state index contributed by atoms with van der Waals surface area (Å²) in [6.07, 6.45) is -9.58. The van der Waals surface area contributed by atoms with Crippen LogP contribution in [0.2, 0.25) is 0 Å². The van der Waals surface area contributed by atoms with Gasteiger partial charge in [-0.25, -0.2) is 9.78 Å². The van der Waals surface area contributed by atoms with Crippen LogP contribution in [-0.2, 0) is 12.4 Å². The first kappa shape index (κ1) is 20.3. The fraction of sp³-hybridized carbons (Fsp3) is 0.133. The summed E-state index contributed by atoms with van der Waals surface area (Å²) in [5.74, 6) is -1.87. The van der Waals surface area contributed by atoms with Crippen LogP contribution >= 0.6 is 27.3 Å². The van der Waals surface area contributed by atoms with Gasteiger partial charge >= 0.3 is 18.3 Å². The third-order valence-electron chi connectivity index (χ3n) is 3.52. The summed E-state index contributed by atoms with van der Waals surface area (Å²) in [5.41, 5.74) is -4.11. The summed E-state index contributed by atoms with van der Waals surface area (Å²) >= 11 is 3.84. The molecule has 28 heavy (non-hydrogen) atoms. The predicted octanol–water partition coefficient (Wildman–Crippen LogP) is 5.70. The summed E-state index contributed by atoms with van der Waals surface area (Å²) < 4.78 is 77.8. The fourth-order valence-electron chi connectivity index (χ4n) is 2.33. The molecule has 0 aliphatic heterocycles. The van der Waals surface area contributed by atoms with Gasteiger partial charge in [0.2, 0.25) is 0 Å². The minimum Gasteiger partial charge on any atom is -0.478 e. The van der Waals surface area contributed by atoms with Crippen LogP contribution in [0.3, 0.4) is 0 Å². The molecule has 1 aromatic carbocycles. The van der Waals surface area contributed by atoms with Gasteiger partial charge in [-0.05, 0) is 28.1 Å². The van der Waals surface area contributed by atoms with E-state index in [2.05, 4.69) is 26.0 Å². The number of nitrogens with one attached hydrogen (secondary N) is 1. The van der Waals surface area contributed by atoms with E-state index >= 15 is 0 Å². The first-order valence-corrected chi connectivity index (χ1v) is 8.73. The maximum atomic E-state index is 13.0.